The van der Waals surface area contributed by atoms with Crippen LogP contribution < -0.4 is 9.47 Å². The average Bonchev–Trinajstić information content (AvgIpc) is 1.55. The maximum atomic E-state index is 12.2. The quantitative estimate of drug-likeness (QED) is 0.0606. The first kappa shape index (κ1) is 118. The summed E-state index contributed by atoms with van der Waals surface area (Å²) in [7, 11) is 5.53. The molecule has 1 aromatic carbocycles. The Morgan fingerprint density at radius 3 is 1.39 bits per heavy atom. The summed E-state index contributed by atoms with van der Waals surface area (Å²) in [5.41, 5.74) is -1.32. The van der Waals surface area contributed by atoms with E-state index in [1.165, 1.54) is 92.6 Å². The van der Waals surface area contributed by atoms with Gasteiger partial charge in [-0.1, -0.05) is 134 Å². The number of rotatable bonds is 17. The van der Waals surface area contributed by atoms with Crippen molar-refractivity contribution in [3.05, 3.63) is 46.6 Å². The number of para-hydroxylation sites is 1. The van der Waals surface area contributed by atoms with Crippen LogP contribution in [0.5, 0.6) is 11.5 Å². The molecule has 0 radical (unpaired) electrons. The second-order valence-corrected chi connectivity index (χ2v) is 32.1. The standard InChI is InChI=1S/C19H26O8.C14H16O4.C9H10N2.C9H13N.C8H11N.3C7H14O2.10CH4/c1-5-19(2,3)18(23)25-7-6-11(20)26-14-9-8-10-13(12(9)16(21)24-4)17(22)27-15(10)14;1-4-14(2,3)13(16)17-10-7-5-6-9-8-11(15)18-12(9)10;1-11-9-7-3-2-6(4-7)8(9)5-10;1-10-6-9-5-7-2-3-8(9)4-7;9-5-8-4-6-1-2-7(8)3-6;3*1-5-7(2,3)6(8)9-4;;;;;;;;;;/h9-10,12-15H,5-8H2,1-4H3;5-7H,4,8H2,1-3H3;6-9H,2-4H2;7-9H,2-6H2;6-8H,1-4H2;3*5H2,1-4H3;10*1H4. The number of methoxy groups -OCH3 is 4. The number of ether oxygens (including phenoxy) is 9. The van der Waals surface area contributed by atoms with Crippen molar-refractivity contribution < 1.29 is 85.8 Å². The van der Waals surface area contributed by atoms with Crippen LogP contribution in [0, 0.1) is 140 Å². The number of nitriles is 2. The van der Waals surface area contributed by atoms with Crippen LogP contribution in [0.3, 0.4) is 0 Å². The third kappa shape index (κ3) is 30.6. The van der Waals surface area contributed by atoms with Gasteiger partial charge in [0.05, 0.1) is 92.3 Å². The highest BCUT2D eigenvalue weighted by Crippen LogP contribution is 2.59. The second-order valence-electron chi connectivity index (χ2n) is 32.1. The van der Waals surface area contributed by atoms with Gasteiger partial charge in [-0.15, -0.1) is 0 Å². The highest BCUT2D eigenvalue weighted by Gasteiger charge is 2.70. The van der Waals surface area contributed by atoms with Gasteiger partial charge in [0.25, 0.3) is 0 Å². The summed E-state index contributed by atoms with van der Waals surface area (Å²) < 4.78 is 45.0. The first-order chi connectivity index (χ1) is 47.9. The van der Waals surface area contributed by atoms with Gasteiger partial charge in [0.2, 0.25) is 12.6 Å². The summed E-state index contributed by atoms with van der Waals surface area (Å²) in [6, 6.07) is 9.90. The molecule has 1 saturated heterocycles. The number of fused-ring (bicyclic) bond motifs is 8. The fourth-order valence-corrected chi connectivity index (χ4v) is 15.0. The zero-order valence-electron chi connectivity index (χ0n) is 64.5. The molecule has 16 atom stereocenters. The summed E-state index contributed by atoms with van der Waals surface area (Å²) in [4.78, 5) is 111. The lowest BCUT2D eigenvalue weighted by Crippen LogP contribution is -2.43. The highest BCUT2D eigenvalue weighted by atomic mass is 16.6. The Labute approximate surface area is 681 Å². The van der Waals surface area contributed by atoms with E-state index in [0.717, 1.165) is 67.4 Å². The molecule has 2 heterocycles. The average molecular weight is 1580 g/mol. The van der Waals surface area contributed by atoms with Gasteiger partial charge in [0, 0.05) is 35.2 Å². The van der Waals surface area contributed by atoms with E-state index in [1.54, 1.807) is 32.0 Å². The number of hydrogen-bond donors (Lipinski definition) is 0. The second kappa shape index (κ2) is 52.7. The molecule has 8 bridgehead atoms. The molecule has 8 saturated carbocycles. The molecule has 0 spiro atoms. The van der Waals surface area contributed by atoms with Crippen LogP contribution in [0.2, 0.25) is 0 Å². The van der Waals surface area contributed by atoms with Crippen molar-refractivity contribution in [1.82, 2.24) is 0 Å². The lowest BCUT2D eigenvalue weighted by Gasteiger charge is -2.29. The van der Waals surface area contributed by atoms with E-state index in [0.29, 0.717) is 48.5 Å². The lowest BCUT2D eigenvalue weighted by atomic mass is 9.78. The van der Waals surface area contributed by atoms with Gasteiger partial charge in [0.15, 0.2) is 11.5 Å². The molecule has 16 unspecified atom stereocenters. The van der Waals surface area contributed by atoms with Crippen LogP contribution in [-0.4, -0.2) is 114 Å². The first-order valence-electron chi connectivity index (χ1n) is 36.9. The predicted molar refractivity (Wildman–Crippen MR) is 446 cm³/mol. The molecule has 112 heavy (non-hydrogen) atoms. The summed E-state index contributed by atoms with van der Waals surface area (Å²) in [5, 5.41) is 17.4. The summed E-state index contributed by atoms with van der Waals surface area (Å²) >= 11 is 0. The van der Waals surface area contributed by atoms with Gasteiger partial charge < -0.3 is 52.3 Å². The van der Waals surface area contributed by atoms with E-state index in [9.17, 15) is 43.2 Å². The minimum absolute atomic E-state index is 0. The van der Waals surface area contributed by atoms with Crippen molar-refractivity contribution in [3.63, 3.8) is 0 Å². The molecular weight excluding hydrogens is 1420 g/mol. The molecule has 2 aliphatic heterocycles. The van der Waals surface area contributed by atoms with E-state index in [-0.39, 0.29) is 170 Å². The predicted octanol–water partition coefficient (Wildman–Crippen LogP) is 21.0. The van der Waals surface area contributed by atoms with E-state index in [2.05, 4.69) is 36.0 Å². The molecule has 0 aromatic heterocycles. The van der Waals surface area contributed by atoms with E-state index in [1.807, 2.05) is 90.0 Å². The maximum absolute atomic E-state index is 12.2. The topological polar surface area (TPSA) is 293 Å². The van der Waals surface area contributed by atoms with Gasteiger partial charge in [-0.05, 0) is 201 Å². The van der Waals surface area contributed by atoms with Crippen molar-refractivity contribution in [1.29, 1.82) is 10.5 Å². The Morgan fingerprint density at radius 2 is 1.01 bits per heavy atom. The number of nitrogens with zero attached hydrogens (tertiary/aromatic N) is 4. The number of esters is 9. The first-order valence-corrected chi connectivity index (χ1v) is 36.9. The molecule has 1 aromatic rings. The third-order valence-electron chi connectivity index (χ3n) is 23.7. The van der Waals surface area contributed by atoms with Crippen molar-refractivity contribution in [2.45, 2.75) is 318 Å². The van der Waals surface area contributed by atoms with Crippen LogP contribution in [0.25, 0.3) is 9.69 Å². The fourth-order valence-electron chi connectivity index (χ4n) is 15.0. The molecule has 0 N–H and O–H groups in total. The third-order valence-corrected chi connectivity index (χ3v) is 23.7. The Bertz CT molecular complexity index is 3140. The highest BCUT2D eigenvalue weighted by molar-refractivity contribution is 5.87. The molecule has 11 rings (SSSR count). The molecule has 0 amide bonds. The smallest absolute Gasteiger partial charge is 0.317 e. The number of carbonyl (C=O) groups is 9. The summed E-state index contributed by atoms with van der Waals surface area (Å²) in [6.45, 7) is 42.6. The maximum Gasteiger partial charge on any atom is 0.317 e. The molecule has 22 nitrogen and oxygen atoms in total. The van der Waals surface area contributed by atoms with Crippen LogP contribution >= 0.6 is 0 Å². The lowest BCUT2D eigenvalue weighted by molar-refractivity contribution is -0.167. The van der Waals surface area contributed by atoms with E-state index < -0.39 is 52.8 Å². The number of benzene rings is 1. The van der Waals surface area contributed by atoms with Gasteiger partial charge in [-0.3, -0.25) is 43.2 Å². The number of hydrogen-bond acceptors (Lipinski definition) is 20. The molecule has 9 fully saturated rings. The van der Waals surface area contributed by atoms with Gasteiger partial charge in [-0.2, -0.15) is 10.5 Å². The van der Waals surface area contributed by atoms with Gasteiger partial charge >= 0.3 is 53.7 Å². The van der Waals surface area contributed by atoms with Crippen molar-refractivity contribution in [2.75, 3.05) is 41.6 Å². The molecule has 8 aliphatic carbocycles. The van der Waals surface area contributed by atoms with Gasteiger partial charge in [0.1, 0.15) is 24.7 Å². The van der Waals surface area contributed by atoms with Crippen LogP contribution in [0.15, 0.2) is 18.2 Å². The van der Waals surface area contributed by atoms with Crippen molar-refractivity contribution in [2.24, 2.45) is 104 Å². The molecular formula is C90H158N4O18. The molecule has 22 heteroatoms. The Balaban J connectivity index is -0.000000231. The largest absolute Gasteiger partial charge is 0.469 e. The van der Waals surface area contributed by atoms with Crippen LogP contribution in [-0.2, 0) is 82.7 Å². The van der Waals surface area contributed by atoms with Crippen molar-refractivity contribution >= 4 is 53.7 Å². The summed E-state index contributed by atoms with van der Waals surface area (Å²) in [6.07, 6.45) is 17.9. The minimum atomic E-state index is -0.655. The van der Waals surface area contributed by atoms with Crippen molar-refractivity contribution in [3.8, 4) is 23.6 Å². The van der Waals surface area contributed by atoms with Gasteiger partial charge in [-0.25, -0.2) is 13.1 Å². The molecule has 10 aliphatic rings. The Kier molecular flexibility index (Phi) is 55.4. The minimum Gasteiger partial charge on any atom is -0.469 e. The fraction of sp³-hybridized carbons (Fsp3) is 0.789. The normalized spacial score (nSPS) is 25.3. The number of carbonyl (C=O) groups excluding carboxylic acids is 9. The molecule has 646 valence electrons. The van der Waals surface area contributed by atoms with Crippen LogP contribution in [0.1, 0.15) is 299 Å². The summed E-state index contributed by atoms with van der Waals surface area (Å²) in [5.74, 6) is 2.41. The van der Waals surface area contributed by atoms with E-state index >= 15 is 0 Å². The monoisotopic (exact) mass is 1580 g/mol. The van der Waals surface area contributed by atoms with Crippen LogP contribution in [0.4, 0.5) is 0 Å². The zero-order chi connectivity index (χ0) is 76.8. The SMILES string of the molecule is C.C.C.C.C.C.C.C.C.C.CCC(C)(C)C(=O)OC.CCC(C)(C)C(=O)OC.CCC(C)(C)C(=O)OC.CCC(C)(C)C(=O)OCCC(=O)OC1C2CC3C1OC(=O)C3C2C(=O)OC.CCC(C)(C)C(=O)Oc1cccc2c1OC(=O)C2.N#CC1CC2CCC1C2.[C-]#[N+]C1C2CCC(C2)C1C#N.[C-]#[N+]CC1CC2CCC1C2. The zero-order valence-corrected chi connectivity index (χ0v) is 64.5. The Morgan fingerprint density at radius 1 is 0.545 bits per heavy atom. The Hall–Kier alpha value is -7.59. The van der Waals surface area contributed by atoms with E-state index in [4.69, 9.17) is 52.1 Å².